The molecular formula is C22H18O2. The molecule has 0 heterocycles. The van der Waals surface area contributed by atoms with E-state index in [0.717, 1.165) is 22.3 Å². The van der Waals surface area contributed by atoms with E-state index in [1.807, 2.05) is 60.7 Å². The van der Waals surface area contributed by atoms with E-state index in [0.29, 0.717) is 11.1 Å². The first kappa shape index (κ1) is 15.9. The maximum absolute atomic E-state index is 12.0. The molecule has 0 saturated heterocycles. The van der Waals surface area contributed by atoms with Crippen molar-refractivity contribution in [1.82, 2.24) is 0 Å². The number of ketones is 2. The lowest BCUT2D eigenvalue weighted by Crippen LogP contribution is -1.97. The Morgan fingerprint density at radius 2 is 1.25 bits per heavy atom. The molecule has 0 aromatic heterocycles. The summed E-state index contributed by atoms with van der Waals surface area (Å²) in [6.45, 7) is 3.12. The van der Waals surface area contributed by atoms with E-state index in [2.05, 4.69) is 0 Å². The molecule has 3 rings (SSSR count). The van der Waals surface area contributed by atoms with Crippen LogP contribution < -0.4 is 0 Å². The lowest BCUT2D eigenvalue weighted by Gasteiger charge is -2.11. The molecule has 0 bridgehead atoms. The van der Waals surface area contributed by atoms with Gasteiger partial charge in [-0.3, -0.25) is 9.59 Å². The summed E-state index contributed by atoms with van der Waals surface area (Å²) in [7, 11) is 0. The molecule has 2 heteroatoms. The Bertz CT molecular complexity index is 891. The van der Waals surface area contributed by atoms with Gasteiger partial charge in [0.15, 0.2) is 11.6 Å². The van der Waals surface area contributed by atoms with Crippen LogP contribution in [0.5, 0.6) is 0 Å². The average molecular weight is 314 g/mol. The van der Waals surface area contributed by atoms with Crippen LogP contribution in [0.4, 0.5) is 0 Å². The average Bonchev–Trinajstić information content (AvgIpc) is 2.62. The van der Waals surface area contributed by atoms with Crippen LogP contribution in [0.3, 0.4) is 0 Å². The Balaban J connectivity index is 2.13. The number of hydrogen-bond donors (Lipinski definition) is 0. The summed E-state index contributed by atoms with van der Waals surface area (Å²) < 4.78 is 0. The number of hydrogen-bond acceptors (Lipinski definition) is 2. The van der Waals surface area contributed by atoms with Crippen molar-refractivity contribution in [2.45, 2.75) is 13.8 Å². The predicted molar refractivity (Wildman–Crippen MR) is 97.3 cm³/mol. The highest BCUT2D eigenvalue weighted by Gasteiger charge is 2.11. The minimum Gasteiger partial charge on any atom is -0.295 e. The van der Waals surface area contributed by atoms with Crippen LogP contribution in [0.25, 0.3) is 22.3 Å². The highest BCUT2D eigenvalue weighted by Crippen LogP contribution is 2.30. The van der Waals surface area contributed by atoms with Crippen molar-refractivity contribution >= 4 is 11.6 Å². The number of carbonyl (C=O) groups is 2. The molecule has 0 spiro atoms. The summed E-state index contributed by atoms with van der Waals surface area (Å²) in [5.41, 5.74) is 5.34. The topological polar surface area (TPSA) is 34.1 Å². The molecule has 0 atom stereocenters. The largest absolute Gasteiger partial charge is 0.295 e. The summed E-state index contributed by atoms with van der Waals surface area (Å²) in [6.07, 6.45) is 0. The fourth-order valence-electron chi connectivity index (χ4n) is 2.78. The lowest BCUT2D eigenvalue weighted by molar-refractivity contribution is 0.100. The molecule has 0 aliphatic rings. The zero-order valence-corrected chi connectivity index (χ0v) is 13.7. The first-order chi connectivity index (χ1) is 11.6. The molecule has 3 aromatic carbocycles. The van der Waals surface area contributed by atoms with E-state index in [4.69, 9.17) is 0 Å². The molecule has 0 fully saturated rings. The molecule has 118 valence electrons. The standard InChI is InChI=1S/C22H18O2/c1-15(23)17-8-10-19(11-9-17)22-14-20(12-13-21(22)16(2)24)18-6-4-3-5-7-18/h3-14H,1-2H3. The molecular weight excluding hydrogens is 296 g/mol. The van der Waals surface area contributed by atoms with Gasteiger partial charge in [0.25, 0.3) is 0 Å². The molecule has 2 nitrogen and oxygen atoms in total. The second-order valence-electron chi connectivity index (χ2n) is 5.82. The minimum atomic E-state index is 0.0280. The summed E-state index contributed by atoms with van der Waals surface area (Å²) in [5, 5.41) is 0. The van der Waals surface area contributed by atoms with Crippen molar-refractivity contribution in [2.75, 3.05) is 0 Å². The van der Waals surface area contributed by atoms with Crippen molar-refractivity contribution in [1.29, 1.82) is 0 Å². The molecule has 0 saturated carbocycles. The molecule has 0 N–H and O–H groups in total. The van der Waals surface area contributed by atoms with Crippen molar-refractivity contribution in [3.63, 3.8) is 0 Å². The van der Waals surface area contributed by atoms with Gasteiger partial charge in [-0.1, -0.05) is 66.7 Å². The first-order valence-corrected chi connectivity index (χ1v) is 7.88. The van der Waals surface area contributed by atoms with Gasteiger partial charge in [-0.15, -0.1) is 0 Å². The van der Waals surface area contributed by atoms with Crippen molar-refractivity contribution in [3.05, 3.63) is 83.9 Å². The Morgan fingerprint density at radius 3 is 1.83 bits per heavy atom. The highest BCUT2D eigenvalue weighted by molar-refractivity contribution is 6.02. The maximum Gasteiger partial charge on any atom is 0.160 e. The van der Waals surface area contributed by atoms with Gasteiger partial charge in [0.05, 0.1) is 0 Å². The third-order valence-corrected chi connectivity index (χ3v) is 4.11. The SMILES string of the molecule is CC(=O)c1ccc(-c2cc(-c3ccccc3)ccc2C(C)=O)cc1. The van der Waals surface area contributed by atoms with Crippen LogP contribution in [0.15, 0.2) is 72.8 Å². The van der Waals surface area contributed by atoms with Crippen LogP contribution in [0.1, 0.15) is 34.6 Å². The quantitative estimate of drug-likeness (QED) is 0.602. The van der Waals surface area contributed by atoms with E-state index in [1.54, 1.807) is 26.0 Å². The first-order valence-electron chi connectivity index (χ1n) is 7.88. The Morgan fingerprint density at radius 1 is 0.625 bits per heavy atom. The van der Waals surface area contributed by atoms with Gasteiger partial charge in [0.1, 0.15) is 0 Å². The number of benzene rings is 3. The van der Waals surface area contributed by atoms with Gasteiger partial charge >= 0.3 is 0 Å². The Hall–Kier alpha value is -3.00. The number of Topliss-reactive ketones (excluding diaryl/α,β-unsaturated/α-hetero) is 2. The third kappa shape index (κ3) is 3.18. The highest BCUT2D eigenvalue weighted by atomic mass is 16.1. The minimum absolute atomic E-state index is 0.0280. The number of carbonyl (C=O) groups excluding carboxylic acids is 2. The zero-order valence-electron chi connectivity index (χ0n) is 13.7. The predicted octanol–water partition coefficient (Wildman–Crippen LogP) is 5.43. The van der Waals surface area contributed by atoms with Crippen LogP contribution in [0.2, 0.25) is 0 Å². The fourth-order valence-corrected chi connectivity index (χ4v) is 2.78. The van der Waals surface area contributed by atoms with Crippen LogP contribution >= 0.6 is 0 Å². The summed E-state index contributed by atoms with van der Waals surface area (Å²) in [4.78, 5) is 23.5. The van der Waals surface area contributed by atoms with Crippen molar-refractivity contribution in [2.24, 2.45) is 0 Å². The van der Waals surface area contributed by atoms with Crippen LogP contribution in [-0.2, 0) is 0 Å². The molecule has 24 heavy (non-hydrogen) atoms. The number of rotatable bonds is 4. The summed E-state index contributed by atoms with van der Waals surface area (Å²) in [5.74, 6) is 0.0617. The van der Waals surface area contributed by atoms with Gasteiger partial charge in [0, 0.05) is 11.1 Å². The Kier molecular flexibility index (Phi) is 4.39. The molecule has 3 aromatic rings. The van der Waals surface area contributed by atoms with E-state index < -0.39 is 0 Å². The van der Waals surface area contributed by atoms with Gasteiger partial charge in [-0.2, -0.15) is 0 Å². The lowest BCUT2D eigenvalue weighted by atomic mass is 9.92. The summed E-state index contributed by atoms with van der Waals surface area (Å²) >= 11 is 0. The van der Waals surface area contributed by atoms with Crippen molar-refractivity contribution in [3.8, 4) is 22.3 Å². The zero-order chi connectivity index (χ0) is 17.1. The van der Waals surface area contributed by atoms with Gasteiger partial charge < -0.3 is 0 Å². The van der Waals surface area contributed by atoms with E-state index in [-0.39, 0.29) is 11.6 Å². The Labute approximate surface area is 141 Å². The van der Waals surface area contributed by atoms with Crippen LogP contribution in [-0.4, -0.2) is 11.6 Å². The monoisotopic (exact) mass is 314 g/mol. The van der Waals surface area contributed by atoms with Gasteiger partial charge in [-0.05, 0) is 42.2 Å². The van der Waals surface area contributed by atoms with E-state index in [9.17, 15) is 9.59 Å². The van der Waals surface area contributed by atoms with Gasteiger partial charge in [-0.25, -0.2) is 0 Å². The normalized spacial score (nSPS) is 10.4. The molecule has 0 aliphatic carbocycles. The van der Waals surface area contributed by atoms with Crippen molar-refractivity contribution < 1.29 is 9.59 Å². The second-order valence-corrected chi connectivity index (χ2v) is 5.82. The molecule has 0 unspecified atom stereocenters. The third-order valence-electron chi connectivity index (χ3n) is 4.11. The van der Waals surface area contributed by atoms with Gasteiger partial charge in [0.2, 0.25) is 0 Å². The molecule has 0 radical (unpaired) electrons. The van der Waals surface area contributed by atoms with E-state index >= 15 is 0 Å². The second kappa shape index (κ2) is 6.63. The molecule has 0 aliphatic heterocycles. The maximum atomic E-state index is 12.0. The fraction of sp³-hybridized carbons (Fsp3) is 0.0909. The van der Waals surface area contributed by atoms with Crippen LogP contribution in [0, 0.1) is 0 Å². The smallest absolute Gasteiger partial charge is 0.160 e. The molecule has 0 amide bonds. The van der Waals surface area contributed by atoms with E-state index in [1.165, 1.54) is 0 Å². The summed E-state index contributed by atoms with van der Waals surface area (Å²) in [6, 6.07) is 23.3.